The molecule has 1 N–H and O–H groups in total. The molecular weight excluding hydrogens is 434 g/mol. The zero-order chi connectivity index (χ0) is 23.0. The van der Waals surface area contributed by atoms with Gasteiger partial charge in [0.1, 0.15) is 5.76 Å². The first-order valence-corrected chi connectivity index (χ1v) is 9.89. The van der Waals surface area contributed by atoms with E-state index in [4.69, 9.17) is 11.6 Å². The monoisotopic (exact) mass is 449 g/mol. The number of benzene rings is 2. The van der Waals surface area contributed by atoms with E-state index < -0.39 is 28.4 Å². The Balaban J connectivity index is 1.97. The van der Waals surface area contributed by atoms with Crippen LogP contribution in [0.15, 0.2) is 72.6 Å². The number of aromatic nitrogens is 1. The van der Waals surface area contributed by atoms with Gasteiger partial charge in [0.25, 0.3) is 17.4 Å². The normalized spacial score (nSPS) is 17.6. The first-order chi connectivity index (χ1) is 15.3. The number of carbonyl (C=O) groups excluding carboxylic acids is 2. The molecule has 1 amide bonds. The van der Waals surface area contributed by atoms with Crippen LogP contribution in [0.2, 0.25) is 5.02 Å². The molecule has 1 aliphatic heterocycles. The Morgan fingerprint density at radius 1 is 1.16 bits per heavy atom. The van der Waals surface area contributed by atoms with Gasteiger partial charge < -0.3 is 5.11 Å². The molecule has 3 aromatic rings. The summed E-state index contributed by atoms with van der Waals surface area (Å²) in [5, 5.41) is 22.6. The number of hydrogen-bond donors (Lipinski definition) is 1. The fraction of sp³-hybridized carbons (Fsp3) is 0.0870. The second kappa shape index (κ2) is 8.24. The van der Waals surface area contributed by atoms with Crippen LogP contribution < -0.4 is 4.90 Å². The number of ketones is 1. The van der Waals surface area contributed by atoms with E-state index in [-0.39, 0.29) is 16.8 Å². The number of rotatable bonds is 4. The van der Waals surface area contributed by atoms with Crippen LogP contribution in [0.25, 0.3) is 5.76 Å². The molecule has 1 atom stereocenters. The number of pyridine rings is 1. The number of non-ortho nitro benzene ring substituents is 1. The average Bonchev–Trinajstić information content (AvgIpc) is 3.06. The number of nitro benzene ring substituents is 1. The zero-order valence-electron chi connectivity index (χ0n) is 16.7. The van der Waals surface area contributed by atoms with E-state index in [1.807, 2.05) is 0 Å². The number of Topliss-reactive ketones (excluding diaryl/α,β-unsaturated/α-hetero) is 1. The highest BCUT2D eigenvalue weighted by molar-refractivity contribution is 6.52. The van der Waals surface area contributed by atoms with Crippen LogP contribution in [0.3, 0.4) is 0 Å². The highest BCUT2D eigenvalue weighted by Crippen LogP contribution is 2.43. The summed E-state index contributed by atoms with van der Waals surface area (Å²) in [4.78, 5) is 42.1. The van der Waals surface area contributed by atoms with Crippen molar-refractivity contribution in [1.29, 1.82) is 0 Å². The molecule has 0 aliphatic carbocycles. The highest BCUT2D eigenvalue weighted by atomic mass is 35.5. The average molecular weight is 450 g/mol. The maximum atomic E-state index is 13.1. The zero-order valence-corrected chi connectivity index (χ0v) is 17.5. The third-order valence-corrected chi connectivity index (χ3v) is 5.44. The number of anilines is 1. The summed E-state index contributed by atoms with van der Waals surface area (Å²) in [5.74, 6) is -2.28. The van der Waals surface area contributed by atoms with Crippen LogP contribution in [0.4, 0.5) is 11.4 Å². The lowest BCUT2D eigenvalue weighted by atomic mass is 9.96. The van der Waals surface area contributed by atoms with Crippen LogP contribution in [0.1, 0.15) is 22.7 Å². The Hall–Kier alpha value is -4.04. The van der Waals surface area contributed by atoms with E-state index >= 15 is 0 Å². The molecule has 8 nitrogen and oxygen atoms in total. The number of aliphatic hydroxyl groups excluding tert-OH is 1. The Labute approximate surface area is 187 Å². The predicted molar refractivity (Wildman–Crippen MR) is 118 cm³/mol. The summed E-state index contributed by atoms with van der Waals surface area (Å²) in [5.41, 5.74) is 1.19. The van der Waals surface area contributed by atoms with Crippen molar-refractivity contribution in [3.8, 4) is 0 Å². The van der Waals surface area contributed by atoms with Gasteiger partial charge in [0.2, 0.25) is 0 Å². The Morgan fingerprint density at radius 3 is 2.62 bits per heavy atom. The molecule has 1 aliphatic rings. The van der Waals surface area contributed by atoms with Gasteiger partial charge in [-0.1, -0.05) is 35.9 Å². The maximum Gasteiger partial charge on any atom is 0.300 e. The molecule has 32 heavy (non-hydrogen) atoms. The van der Waals surface area contributed by atoms with E-state index in [0.29, 0.717) is 21.8 Å². The highest BCUT2D eigenvalue weighted by Gasteiger charge is 2.47. The van der Waals surface area contributed by atoms with Crippen LogP contribution in [0, 0.1) is 17.0 Å². The molecule has 4 rings (SSSR count). The molecule has 1 aromatic heterocycles. The number of hydrogen-bond acceptors (Lipinski definition) is 6. The number of aryl methyl sites for hydroxylation is 1. The number of aliphatic hydroxyl groups is 1. The number of nitro groups is 1. The molecule has 1 fully saturated rings. The fourth-order valence-electron chi connectivity index (χ4n) is 3.70. The summed E-state index contributed by atoms with van der Waals surface area (Å²) in [6.07, 6.45) is 3.03. The van der Waals surface area contributed by atoms with E-state index in [2.05, 4.69) is 4.98 Å². The van der Waals surface area contributed by atoms with E-state index in [1.54, 1.807) is 43.5 Å². The minimum absolute atomic E-state index is 0.0499. The topological polar surface area (TPSA) is 114 Å². The smallest absolute Gasteiger partial charge is 0.300 e. The first-order valence-electron chi connectivity index (χ1n) is 9.51. The molecule has 1 saturated heterocycles. The Bertz CT molecular complexity index is 1290. The summed E-state index contributed by atoms with van der Waals surface area (Å²) in [6, 6.07) is 12.5. The molecule has 2 aromatic carbocycles. The summed E-state index contributed by atoms with van der Waals surface area (Å²) in [6.45, 7) is 1.77. The minimum Gasteiger partial charge on any atom is -0.507 e. The van der Waals surface area contributed by atoms with Crippen molar-refractivity contribution in [3.63, 3.8) is 0 Å². The van der Waals surface area contributed by atoms with Crippen LogP contribution in [-0.4, -0.2) is 26.7 Å². The van der Waals surface area contributed by atoms with Crippen molar-refractivity contribution >= 4 is 40.4 Å². The molecule has 9 heteroatoms. The van der Waals surface area contributed by atoms with Crippen molar-refractivity contribution in [2.24, 2.45) is 0 Å². The second-order valence-electron chi connectivity index (χ2n) is 7.19. The van der Waals surface area contributed by atoms with E-state index in [0.717, 1.165) is 6.07 Å². The molecule has 0 spiro atoms. The van der Waals surface area contributed by atoms with Gasteiger partial charge in [-0.15, -0.1) is 0 Å². The van der Waals surface area contributed by atoms with Gasteiger partial charge in [0.15, 0.2) is 0 Å². The Morgan fingerprint density at radius 2 is 1.94 bits per heavy atom. The lowest BCUT2D eigenvalue weighted by Gasteiger charge is -2.26. The standard InChI is InChI=1S/C23H16ClN3O5/c1-13-7-8-16(24)11-18(13)26-20(15-5-3-9-25-12-15)19(22(29)23(26)30)21(28)14-4-2-6-17(10-14)27(31)32/h2-12,20,28H,1H3/b21-19-. The van der Waals surface area contributed by atoms with Gasteiger partial charge in [0, 0.05) is 40.8 Å². The number of amides is 1. The van der Waals surface area contributed by atoms with Crippen LogP contribution in [-0.2, 0) is 9.59 Å². The molecular formula is C23H16ClN3O5. The third-order valence-electron chi connectivity index (χ3n) is 5.21. The summed E-state index contributed by atoms with van der Waals surface area (Å²) in [7, 11) is 0. The predicted octanol–water partition coefficient (Wildman–Crippen LogP) is 4.58. The lowest BCUT2D eigenvalue weighted by molar-refractivity contribution is -0.384. The van der Waals surface area contributed by atoms with Gasteiger partial charge in [-0.25, -0.2) is 0 Å². The maximum absolute atomic E-state index is 13.1. The fourth-order valence-corrected chi connectivity index (χ4v) is 3.86. The van der Waals surface area contributed by atoms with Gasteiger partial charge in [-0.3, -0.25) is 29.6 Å². The Kier molecular flexibility index (Phi) is 5.46. The summed E-state index contributed by atoms with van der Waals surface area (Å²) >= 11 is 6.15. The quantitative estimate of drug-likeness (QED) is 0.205. The van der Waals surface area contributed by atoms with Crippen molar-refractivity contribution in [3.05, 3.63) is 104 Å². The van der Waals surface area contributed by atoms with Crippen molar-refractivity contribution in [1.82, 2.24) is 4.98 Å². The molecule has 1 unspecified atom stereocenters. The molecule has 2 heterocycles. The third kappa shape index (κ3) is 3.61. The van der Waals surface area contributed by atoms with E-state index in [9.17, 15) is 24.8 Å². The summed E-state index contributed by atoms with van der Waals surface area (Å²) < 4.78 is 0. The molecule has 0 radical (unpaired) electrons. The SMILES string of the molecule is Cc1ccc(Cl)cc1N1C(=O)C(=O)/C(=C(\O)c2cccc([N+](=O)[O-])c2)C1c1cccnc1. The van der Waals surface area contributed by atoms with Crippen molar-refractivity contribution in [2.45, 2.75) is 13.0 Å². The number of carbonyl (C=O) groups is 2. The molecule has 0 saturated carbocycles. The van der Waals surface area contributed by atoms with Crippen LogP contribution >= 0.6 is 11.6 Å². The second-order valence-corrected chi connectivity index (χ2v) is 7.63. The van der Waals surface area contributed by atoms with Gasteiger partial charge in [0.05, 0.1) is 16.5 Å². The van der Waals surface area contributed by atoms with Crippen molar-refractivity contribution < 1.29 is 19.6 Å². The van der Waals surface area contributed by atoms with Gasteiger partial charge in [-0.2, -0.15) is 0 Å². The molecule has 160 valence electrons. The first kappa shape index (κ1) is 21.2. The number of nitrogens with zero attached hydrogens (tertiary/aromatic N) is 3. The largest absolute Gasteiger partial charge is 0.507 e. The van der Waals surface area contributed by atoms with Crippen LogP contribution in [0.5, 0.6) is 0 Å². The van der Waals surface area contributed by atoms with Crippen molar-refractivity contribution in [2.75, 3.05) is 4.90 Å². The van der Waals surface area contributed by atoms with Gasteiger partial charge in [-0.05, 0) is 36.2 Å². The lowest BCUT2D eigenvalue weighted by Crippen LogP contribution is -2.30. The van der Waals surface area contributed by atoms with Gasteiger partial charge >= 0.3 is 0 Å². The number of halogens is 1. The molecule has 0 bridgehead atoms. The minimum atomic E-state index is -1.000. The van der Waals surface area contributed by atoms with E-state index in [1.165, 1.54) is 29.3 Å².